The Morgan fingerprint density at radius 1 is 1.00 bits per heavy atom. The maximum absolute atomic E-state index is 13.3. The van der Waals surface area contributed by atoms with Gasteiger partial charge in [-0.05, 0) is 37.2 Å². The minimum Gasteiger partial charge on any atom is -0.354 e. The van der Waals surface area contributed by atoms with Crippen LogP contribution in [0.3, 0.4) is 0 Å². The number of nitrogens with zero attached hydrogens (tertiary/aromatic N) is 4. The Morgan fingerprint density at radius 2 is 1.85 bits per heavy atom. The van der Waals surface area contributed by atoms with Gasteiger partial charge in [0.05, 0.1) is 11.0 Å². The van der Waals surface area contributed by atoms with Gasteiger partial charge in [-0.25, -0.2) is 9.97 Å². The molecule has 3 heterocycles. The normalized spacial score (nSPS) is 15.7. The van der Waals surface area contributed by atoms with Gasteiger partial charge in [0.1, 0.15) is 5.82 Å². The predicted octanol–water partition coefficient (Wildman–Crippen LogP) is 3.40. The summed E-state index contributed by atoms with van der Waals surface area (Å²) in [7, 11) is 0. The molecule has 0 amide bonds. The second-order valence-corrected chi connectivity index (χ2v) is 7.49. The van der Waals surface area contributed by atoms with Crippen LogP contribution in [0.2, 0.25) is 0 Å². The van der Waals surface area contributed by atoms with Crippen molar-refractivity contribution in [2.75, 3.05) is 43.4 Å². The predicted molar refractivity (Wildman–Crippen MR) is 104 cm³/mol. The number of benzene rings is 1. The van der Waals surface area contributed by atoms with Crippen molar-refractivity contribution >= 4 is 28.6 Å². The zero-order valence-corrected chi connectivity index (χ0v) is 15.4. The van der Waals surface area contributed by atoms with Crippen molar-refractivity contribution in [1.82, 2.24) is 19.9 Å². The van der Waals surface area contributed by atoms with Crippen LogP contribution in [0.5, 0.6) is 0 Å². The molecule has 0 radical (unpaired) electrons. The SMILES string of the molecule is Fc1cccc(N2CCN(CCCSc3nc4ccccc4[nH]3)CC2)n1. The summed E-state index contributed by atoms with van der Waals surface area (Å²) in [6.45, 7) is 4.86. The molecule has 0 spiro atoms. The third-order valence-corrected chi connectivity index (χ3v) is 5.58. The van der Waals surface area contributed by atoms with E-state index < -0.39 is 5.95 Å². The fourth-order valence-electron chi connectivity index (χ4n) is 3.23. The van der Waals surface area contributed by atoms with E-state index in [4.69, 9.17) is 0 Å². The number of aromatic amines is 1. The smallest absolute Gasteiger partial charge is 0.214 e. The topological polar surface area (TPSA) is 48.0 Å². The van der Waals surface area contributed by atoms with Gasteiger partial charge in [0, 0.05) is 31.9 Å². The number of pyridine rings is 1. The number of thioether (sulfide) groups is 1. The molecule has 0 saturated carbocycles. The second kappa shape index (κ2) is 8.05. The van der Waals surface area contributed by atoms with Crippen molar-refractivity contribution in [3.63, 3.8) is 0 Å². The van der Waals surface area contributed by atoms with E-state index >= 15 is 0 Å². The van der Waals surface area contributed by atoms with Gasteiger partial charge in [0.2, 0.25) is 5.95 Å². The van der Waals surface area contributed by atoms with Crippen LogP contribution in [-0.2, 0) is 0 Å². The number of aromatic nitrogens is 3. The van der Waals surface area contributed by atoms with Gasteiger partial charge >= 0.3 is 0 Å². The molecule has 1 aliphatic heterocycles. The van der Waals surface area contributed by atoms with E-state index in [1.54, 1.807) is 17.8 Å². The molecule has 0 aliphatic carbocycles. The molecule has 2 aromatic heterocycles. The van der Waals surface area contributed by atoms with E-state index in [0.29, 0.717) is 0 Å². The van der Waals surface area contributed by atoms with E-state index in [9.17, 15) is 4.39 Å². The molecule has 3 aromatic rings. The molecule has 7 heteroatoms. The lowest BCUT2D eigenvalue weighted by atomic mass is 10.3. The molecular formula is C19H22FN5S. The third-order valence-electron chi connectivity index (χ3n) is 4.62. The van der Waals surface area contributed by atoms with Crippen molar-refractivity contribution in [2.45, 2.75) is 11.6 Å². The summed E-state index contributed by atoms with van der Waals surface area (Å²) in [4.78, 5) is 16.6. The first-order chi connectivity index (χ1) is 12.8. The monoisotopic (exact) mass is 371 g/mol. The van der Waals surface area contributed by atoms with Crippen LogP contribution in [0.25, 0.3) is 11.0 Å². The zero-order valence-electron chi connectivity index (χ0n) is 14.6. The van der Waals surface area contributed by atoms with Crippen molar-refractivity contribution in [1.29, 1.82) is 0 Å². The van der Waals surface area contributed by atoms with Gasteiger partial charge in [-0.1, -0.05) is 30.0 Å². The lowest BCUT2D eigenvalue weighted by Crippen LogP contribution is -2.47. The number of fused-ring (bicyclic) bond motifs is 1. The summed E-state index contributed by atoms with van der Waals surface area (Å²) in [6.07, 6.45) is 1.12. The van der Waals surface area contributed by atoms with Crippen molar-refractivity contribution in [3.05, 3.63) is 48.4 Å². The first-order valence-corrected chi connectivity index (χ1v) is 9.94. The molecule has 1 fully saturated rings. The van der Waals surface area contributed by atoms with Crippen LogP contribution in [0.4, 0.5) is 10.2 Å². The van der Waals surface area contributed by atoms with Gasteiger partial charge in [0.15, 0.2) is 5.16 Å². The minimum atomic E-state index is -0.410. The van der Waals surface area contributed by atoms with E-state index in [2.05, 4.69) is 30.8 Å². The number of rotatable bonds is 6. The molecule has 5 nitrogen and oxygen atoms in total. The zero-order chi connectivity index (χ0) is 17.8. The summed E-state index contributed by atoms with van der Waals surface area (Å²) >= 11 is 1.78. The largest absolute Gasteiger partial charge is 0.354 e. The first kappa shape index (κ1) is 17.3. The first-order valence-electron chi connectivity index (χ1n) is 8.95. The average Bonchev–Trinajstić information content (AvgIpc) is 3.09. The van der Waals surface area contributed by atoms with Crippen LogP contribution in [0, 0.1) is 5.95 Å². The molecular weight excluding hydrogens is 349 g/mol. The van der Waals surface area contributed by atoms with Gasteiger partial charge < -0.3 is 9.88 Å². The van der Waals surface area contributed by atoms with E-state index in [1.807, 2.05) is 24.3 Å². The number of anilines is 1. The summed E-state index contributed by atoms with van der Waals surface area (Å²) in [5.74, 6) is 1.38. The quantitative estimate of drug-likeness (QED) is 0.409. The molecule has 0 bridgehead atoms. The Kier molecular flexibility index (Phi) is 5.36. The Bertz CT molecular complexity index is 827. The van der Waals surface area contributed by atoms with Crippen molar-refractivity contribution < 1.29 is 4.39 Å². The Hall–Kier alpha value is -2.12. The Balaban J connectivity index is 1.19. The highest BCUT2D eigenvalue weighted by Gasteiger charge is 2.17. The van der Waals surface area contributed by atoms with Gasteiger partial charge in [-0.3, -0.25) is 4.90 Å². The Labute approximate surface area is 156 Å². The fourth-order valence-corrected chi connectivity index (χ4v) is 4.04. The number of imidazole rings is 1. The number of nitrogens with one attached hydrogen (secondary N) is 1. The Morgan fingerprint density at radius 3 is 2.65 bits per heavy atom. The molecule has 136 valence electrons. The van der Waals surface area contributed by atoms with E-state index in [1.165, 1.54) is 6.07 Å². The van der Waals surface area contributed by atoms with Crippen molar-refractivity contribution in [3.8, 4) is 0 Å². The molecule has 26 heavy (non-hydrogen) atoms. The summed E-state index contributed by atoms with van der Waals surface area (Å²) in [6, 6.07) is 13.1. The molecule has 1 aromatic carbocycles. The standard InChI is InChI=1S/C19H22FN5S/c20-17-7-3-8-18(23-17)25-12-10-24(11-13-25)9-4-14-26-19-21-15-5-1-2-6-16(15)22-19/h1-3,5-8H,4,9-14H2,(H,21,22). The van der Waals surface area contributed by atoms with Crippen LogP contribution < -0.4 is 4.90 Å². The molecule has 0 atom stereocenters. The number of hydrogen-bond acceptors (Lipinski definition) is 5. The van der Waals surface area contributed by atoms with E-state index in [-0.39, 0.29) is 0 Å². The lowest BCUT2D eigenvalue weighted by Gasteiger charge is -2.35. The summed E-state index contributed by atoms with van der Waals surface area (Å²) in [5.41, 5.74) is 2.12. The van der Waals surface area contributed by atoms with Crippen LogP contribution >= 0.6 is 11.8 Å². The molecule has 1 saturated heterocycles. The summed E-state index contributed by atoms with van der Waals surface area (Å²) < 4.78 is 13.3. The van der Waals surface area contributed by atoms with E-state index in [0.717, 1.165) is 66.9 Å². The van der Waals surface area contributed by atoms with Gasteiger partial charge in [0.25, 0.3) is 0 Å². The molecule has 4 rings (SSSR count). The van der Waals surface area contributed by atoms with Crippen LogP contribution in [0.1, 0.15) is 6.42 Å². The molecule has 0 unspecified atom stereocenters. The average molecular weight is 371 g/mol. The second-order valence-electron chi connectivity index (χ2n) is 6.41. The van der Waals surface area contributed by atoms with Crippen LogP contribution in [-0.4, -0.2) is 58.3 Å². The number of para-hydroxylation sites is 2. The number of hydrogen-bond donors (Lipinski definition) is 1. The highest BCUT2D eigenvalue weighted by molar-refractivity contribution is 7.99. The maximum Gasteiger partial charge on any atom is 0.214 e. The van der Waals surface area contributed by atoms with Crippen molar-refractivity contribution in [2.24, 2.45) is 0 Å². The maximum atomic E-state index is 13.3. The lowest BCUT2D eigenvalue weighted by molar-refractivity contribution is 0.258. The third kappa shape index (κ3) is 4.16. The minimum absolute atomic E-state index is 0.410. The summed E-state index contributed by atoms with van der Waals surface area (Å²) in [5, 5.41) is 0.994. The molecule has 1 N–H and O–H groups in total. The molecule has 1 aliphatic rings. The highest BCUT2D eigenvalue weighted by Crippen LogP contribution is 2.20. The van der Waals surface area contributed by atoms with Gasteiger partial charge in [-0.2, -0.15) is 4.39 Å². The van der Waals surface area contributed by atoms with Gasteiger partial charge in [-0.15, -0.1) is 0 Å². The highest BCUT2D eigenvalue weighted by atomic mass is 32.2. The number of halogens is 1. The number of piperazine rings is 1. The fraction of sp³-hybridized carbons (Fsp3) is 0.368. The number of H-pyrrole nitrogens is 1. The van der Waals surface area contributed by atoms with Crippen LogP contribution in [0.15, 0.2) is 47.6 Å².